The third kappa shape index (κ3) is 22.8. The van der Waals surface area contributed by atoms with Crippen LogP contribution in [0, 0.1) is 0 Å². The number of rotatable bonds is 27. The predicted octanol–water partition coefficient (Wildman–Crippen LogP) is 12.3. The van der Waals surface area contributed by atoms with Gasteiger partial charge in [0.15, 0.2) is 54.1 Å². The van der Waals surface area contributed by atoms with Crippen molar-refractivity contribution in [3.8, 4) is 5.75 Å². The number of fused-ring (bicyclic) bond motifs is 10. The number of amides is 5. The van der Waals surface area contributed by atoms with E-state index in [4.69, 9.17) is 24.7 Å². The summed E-state index contributed by atoms with van der Waals surface area (Å²) >= 11 is 6.44. The minimum Gasteiger partial charge on any atom is -0.491 e. The van der Waals surface area contributed by atoms with Crippen LogP contribution in [0.15, 0.2) is 147 Å². The van der Waals surface area contributed by atoms with Crippen molar-refractivity contribution in [2.45, 2.75) is 113 Å². The lowest BCUT2D eigenvalue weighted by Gasteiger charge is -2.22. The number of ether oxygens (including phenoxy) is 4. The van der Waals surface area contributed by atoms with Crippen molar-refractivity contribution in [2.75, 3.05) is 171 Å². The Kier molecular flexibility index (Phi) is 32.2. The molecule has 3 unspecified atom stereocenters. The lowest BCUT2D eigenvalue weighted by Crippen LogP contribution is -2.38. The summed E-state index contributed by atoms with van der Waals surface area (Å²) in [4.78, 5) is 146. The van der Waals surface area contributed by atoms with Crippen LogP contribution in [0.4, 0.5) is 57.5 Å². The Morgan fingerprint density at radius 3 is 1.19 bits per heavy atom. The van der Waals surface area contributed by atoms with E-state index in [1.807, 2.05) is 88.9 Å². The van der Waals surface area contributed by atoms with Crippen LogP contribution >= 0.6 is 56.7 Å². The van der Waals surface area contributed by atoms with E-state index in [0.29, 0.717) is 176 Å². The highest BCUT2D eigenvalue weighted by Crippen LogP contribution is 2.48. The van der Waals surface area contributed by atoms with E-state index >= 15 is 0 Å². The zero-order valence-electron chi connectivity index (χ0n) is 80.1. The molecule has 44 heteroatoms. The molecule has 8 aliphatic heterocycles. The zero-order chi connectivity index (χ0) is 99.1. The van der Waals surface area contributed by atoms with Crippen LogP contribution in [0.25, 0.3) is 51.7 Å². The quantitative estimate of drug-likeness (QED) is 0.0216. The first-order valence-corrected chi connectivity index (χ1v) is 52.5. The number of para-hydroxylation sites is 5. The Hall–Kier alpha value is -13.2. The van der Waals surface area contributed by atoms with Gasteiger partial charge in [-0.2, -0.15) is 0 Å². The number of hydrogen-bond acceptors (Lipinski definition) is 39. The lowest BCUT2D eigenvalue weighted by molar-refractivity contribution is 0.0689. The molecule has 0 saturated carbocycles. The molecule has 23 rings (SSSR count). The summed E-state index contributed by atoms with van der Waals surface area (Å²) in [6.07, 6.45) is 17.8. The molecule has 5 amide bonds. The first kappa shape index (κ1) is 99.5. The highest BCUT2D eigenvalue weighted by atomic mass is 32.1. The van der Waals surface area contributed by atoms with Crippen molar-refractivity contribution in [1.82, 2.24) is 111 Å². The monoisotopic (exact) mass is 2040 g/mol. The summed E-state index contributed by atoms with van der Waals surface area (Å²) in [5, 5.41) is 39.6. The molecule has 10 aromatic heterocycles. The number of carbonyl (C=O) groups excluding carboxylic acids is 5. The molecule has 144 heavy (non-hydrogen) atoms. The van der Waals surface area contributed by atoms with Crippen LogP contribution in [0.2, 0.25) is 0 Å². The lowest BCUT2D eigenvalue weighted by atomic mass is 9.98. The minimum atomic E-state index is -0.184. The van der Waals surface area contributed by atoms with Gasteiger partial charge in [-0.05, 0) is 177 Å². The third-order valence-electron chi connectivity index (χ3n) is 26.0. The minimum absolute atomic E-state index is 0.0196. The summed E-state index contributed by atoms with van der Waals surface area (Å²) < 4.78 is 21.8. The van der Waals surface area contributed by atoms with E-state index in [2.05, 4.69) is 191 Å². The summed E-state index contributed by atoms with van der Waals surface area (Å²) in [5.41, 5.74) is 20.3. The van der Waals surface area contributed by atoms with Crippen LogP contribution < -0.4 is 62.0 Å². The Labute approximate surface area is 849 Å². The Balaban J connectivity index is 0.000000114. The number of thiazole rings is 5. The summed E-state index contributed by atoms with van der Waals surface area (Å²) in [6.45, 7) is 11.6. The number of aliphatic hydroxyl groups excluding tert-OH is 2. The average molecular weight is 2040 g/mol. The smallest absolute Gasteiger partial charge is 0.280 e. The normalized spacial score (nSPS) is 16.9. The fourth-order valence-corrected chi connectivity index (χ4v) is 22.9. The van der Waals surface area contributed by atoms with Crippen molar-refractivity contribution in [1.29, 1.82) is 0 Å². The Morgan fingerprint density at radius 1 is 0.403 bits per heavy atom. The number of nitrogens with two attached hydrogens (primary N) is 1. The Bertz CT molecular complexity index is 6900. The highest BCUT2D eigenvalue weighted by molar-refractivity contribution is 7.21. The van der Waals surface area contributed by atoms with Crippen molar-refractivity contribution >= 4 is 195 Å². The standard InChI is InChI=1S/C21H24N6O2S.C21H23N5O3S.C20H21N5O3S.C19H22N6O2S.C19H22N6OS/c22-8-5-13-11-27(16-4-2-1-3-15(13)16)18-17-20(24-12-23-18)30-21(26-17)19(28)25-14-6-9-29-10-7-14;27-8-5-13-11-26(16-4-2-1-3-15(13)16)18-17-20(23-12-22-18)30-21(25-17)19(28)24-14-6-9-29-10-7-14;26-10-12-9-25(15-4-2-1-3-14(12)15)17-16-19(22-11-21-17)29-20(24-16)18(27)23-13-5-7-28-8-6-13;1-25(2)9-4-8-20-17(26)19-24-14-16(21-11-22-18(14)28-19)23-13-6-3-5-12-7-10-27-15(12)13;1-24(2)10-5-9-20-17(26)19-23-15-16(21-12-22-18(15)27-19)25-11-8-13-6-3-4-7-14(13)25/h1-4,12-14H,5-11,22H2,(H,25,28);1-4,12-14,27H,5-11H2,(H,24,28);1-4,11-13,26H,5-10H2,(H,23,27);3,5-6,11H,4,7-10H2,1-2H3,(H,20,26)(H,21,22,23);3-4,6-7,12H,5,8-11H2,1-2H3,(H,20,26). The van der Waals surface area contributed by atoms with Crippen LogP contribution in [-0.2, 0) is 27.1 Å². The number of aliphatic hydroxyl groups is 2. The highest BCUT2D eigenvalue weighted by Gasteiger charge is 2.38. The molecule has 10 N–H and O–H groups in total. The fraction of sp³-hybridized carbons (Fsp3) is 0.400. The first-order chi connectivity index (χ1) is 70.5. The molecule has 0 bridgehead atoms. The maximum atomic E-state index is 12.8. The van der Waals surface area contributed by atoms with Gasteiger partial charge in [0, 0.05) is 151 Å². The molecule has 748 valence electrons. The van der Waals surface area contributed by atoms with Crippen LogP contribution in [-0.4, -0.2) is 289 Å². The molecule has 5 aromatic carbocycles. The number of aromatic nitrogens is 15. The van der Waals surface area contributed by atoms with Gasteiger partial charge in [-0.1, -0.05) is 142 Å². The van der Waals surface area contributed by atoms with Gasteiger partial charge in [0.25, 0.3) is 29.5 Å². The van der Waals surface area contributed by atoms with Gasteiger partial charge in [-0.15, -0.1) is 0 Å². The molecule has 8 aliphatic rings. The van der Waals surface area contributed by atoms with E-state index in [1.165, 1.54) is 97.9 Å². The topological polar surface area (TPSA) is 474 Å². The van der Waals surface area contributed by atoms with E-state index in [9.17, 15) is 34.2 Å². The zero-order valence-corrected chi connectivity index (χ0v) is 84.2. The summed E-state index contributed by atoms with van der Waals surface area (Å²) in [5.74, 6) is 4.07. The number of carbonyl (C=O) groups is 5. The second-order valence-electron chi connectivity index (χ2n) is 36.2. The molecule has 18 heterocycles. The van der Waals surface area contributed by atoms with E-state index in [1.54, 1.807) is 12.7 Å². The SMILES string of the molecule is CN(C)CCCNC(=O)c1nc2c(N3CCc4ccccc43)ncnc2s1.CN(C)CCCNC(=O)c1nc2c(Nc3cccc4c3OCC4)ncnc2s1.NCCC1CN(c2ncnc3sc(C(=O)NC4CCOCC4)nc23)c2ccccc21.O=C(NC1CCOCC1)c1nc2c(N3CC(CCO)c4ccccc43)ncnc2s1.O=C(NC1CCOCC1)c1nc2c(N3CC(CO)c4ccccc43)ncnc2s1. The van der Waals surface area contributed by atoms with Crippen molar-refractivity contribution in [2.24, 2.45) is 5.73 Å². The van der Waals surface area contributed by atoms with Crippen molar-refractivity contribution in [3.05, 3.63) is 200 Å². The van der Waals surface area contributed by atoms with Gasteiger partial charge >= 0.3 is 0 Å². The largest absolute Gasteiger partial charge is 0.491 e. The van der Waals surface area contributed by atoms with Gasteiger partial charge in [-0.3, -0.25) is 24.0 Å². The molecule has 0 spiro atoms. The van der Waals surface area contributed by atoms with E-state index in [-0.39, 0.29) is 72.7 Å². The van der Waals surface area contributed by atoms with Crippen LogP contribution in [0.5, 0.6) is 5.75 Å². The molecule has 3 saturated heterocycles. The number of anilines is 10. The third-order valence-corrected chi connectivity index (χ3v) is 30.8. The molecule has 3 fully saturated rings. The van der Waals surface area contributed by atoms with Crippen LogP contribution in [0.3, 0.4) is 0 Å². The van der Waals surface area contributed by atoms with Gasteiger partial charge in [-0.25, -0.2) is 74.8 Å². The average Bonchev–Trinajstić information content (AvgIpc) is 1.62. The number of nitrogens with zero attached hydrogens (tertiary/aromatic N) is 21. The molecule has 39 nitrogen and oxygen atoms in total. The molecular weight excluding hydrogens is 1930 g/mol. The predicted molar refractivity (Wildman–Crippen MR) is 558 cm³/mol. The number of benzene rings is 5. The van der Waals surface area contributed by atoms with E-state index in [0.717, 1.165) is 158 Å². The number of nitrogens with one attached hydrogen (secondary N) is 6. The molecular formula is C100H112N28O11S5. The maximum Gasteiger partial charge on any atom is 0.280 e. The van der Waals surface area contributed by atoms with Crippen molar-refractivity contribution in [3.63, 3.8) is 0 Å². The maximum absolute atomic E-state index is 12.8. The van der Waals surface area contributed by atoms with Gasteiger partial charge in [0.2, 0.25) is 0 Å². The Morgan fingerprint density at radius 2 is 0.771 bits per heavy atom. The molecule has 15 aromatic rings. The fourth-order valence-electron chi connectivity index (χ4n) is 18.8. The van der Waals surface area contributed by atoms with Gasteiger partial charge < -0.3 is 96.2 Å². The summed E-state index contributed by atoms with van der Waals surface area (Å²) in [6, 6.07) is 39.2. The summed E-state index contributed by atoms with van der Waals surface area (Å²) in [7, 11) is 8.06. The van der Waals surface area contributed by atoms with Crippen LogP contribution in [0.1, 0.15) is 159 Å². The van der Waals surface area contributed by atoms with Crippen molar-refractivity contribution < 1.29 is 53.1 Å². The molecule has 3 atom stereocenters. The molecule has 0 aliphatic carbocycles. The molecule has 0 radical (unpaired) electrons. The van der Waals surface area contributed by atoms with Gasteiger partial charge in [0.05, 0.1) is 18.9 Å². The van der Waals surface area contributed by atoms with E-state index < -0.39 is 0 Å². The second kappa shape index (κ2) is 46.7. The van der Waals surface area contributed by atoms with Gasteiger partial charge in [0.1, 0.15) is 89.1 Å². The first-order valence-electron chi connectivity index (χ1n) is 48.5. The second-order valence-corrected chi connectivity index (χ2v) is 41.1. The number of hydrogen-bond donors (Lipinski definition) is 9.